The maximum absolute atomic E-state index is 11.9. The summed E-state index contributed by atoms with van der Waals surface area (Å²) in [5.41, 5.74) is 3.74. The monoisotopic (exact) mass is 304 g/mol. The Kier molecular flexibility index (Phi) is 4.38. The number of aryl methyl sites for hydroxylation is 1. The van der Waals surface area contributed by atoms with Crippen LogP contribution in [0.1, 0.15) is 18.1 Å². The first kappa shape index (κ1) is 14.9. The summed E-state index contributed by atoms with van der Waals surface area (Å²) in [5, 5.41) is 0. The molecule has 0 aliphatic carbocycles. The topological polar surface area (TPSA) is 37.3 Å². The lowest BCUT2D eigenvalue weighted by Gasteiger charge is -2.14. The van der Waals surface area contributed by atoms with E-state index in [0.717, 1.165) is 22.3 Å². The highest BCUT2D eigenvalue weighted by molar-refractivity contribution is 8.29. The van der Waals surface area contributed by atoms with Crippen LogP contribution >= 0.6 is 0 Å². The zero-order chi connectivity index (χ0) is 14.8. The predicted octanol–water partition coefficient (Wildman–Crippen LogP) is 4.27. The van der Waals surface area contributed by atoms with E-state index in [1.807, 2.05) is 62.4 Å². The average Bonchev–Trinajstić information content (AvgIpc) is 2.39. The minimum atomic E-state index is -3.42. The van der Waals surface area contributed by atoms with Gasteiger partial charge in [-0.25, -0.2) is 4.21 Å². The van der Waals surface area contributed by atoms with Crippen molar-refractivity contribution in [2.24, 2.45) is 0 Å². The van der Waals surface area contributed by atoms with Gasteiger partial charge in [-0.1, -0.05) is 48.6 Å². The van der Waals surface area contributed by atoms with Crippen LogP contribution in [0.2, 0.25) is 0 Å². The Morgan fingerprint density at radius 2 is 1.80 bits per heavy atom. The smallest absolute Gasteiger partial charge is 0.171 e. The molecule has 0 amide bonds. The molecule has 0 saturated carbocycles. The van der Waals surface area contributed by atoms with Gasteiger partial charge in [0.2, 0.25) is 0 Å². The fourth-order valence-electron chi connectivity index (χ4n) is 2.25. The van der Waals surface area contributed by atoms with Gasteiger partial charge in [0.1, 0.15) is 0 Å². The second kappa shape index (κ2) is 5.87. The summed E-state index contributed by atoms with van der Waals surface area (Å²) in [5.74, 6) is 0. The van der Waals surface area contributed by atoms with Crippen molar-refractivity contribution in [2.45, 2.75) is 18.7 Å². The lowest BCUT2D eigenvalue weighted by Crippen LogP contribution is -2.02. The molecule has 0 saturated heterocycles. The molecule has 0 radical (unpaired) electrons. The van der Waals surface area contributed by atoms with E-state index in [0.29, 0.717) is 4.90 Å². The molecule has 0 bridgehead atoms. The lowest BCUT2D eigenvalue weighted by molar-refractivity contribution is 0.561. The van der Waals surface area contributed by atoms with Crippen molar-refractivity contribution in [3.63, 3.8) is 0 Å². The third-order valence-corrected chi connectivity index (χ3v) is 4.54. The summed E-state index contributed by atoms with van der Waals surface area (Å²) in [6.45, 7) is 3.87. The standard InChI is InChI=1S/C16H16O2S2/c1-3-7-14-15(20(17,18)19)11-10-12(2)16(14)13-8-5-4-6-9-13/h3-11H,1-2H3,(H,17,18,19). The molecule has 2 aromatic carbocycles. The first-order chi connectivity index (χ1) is 9.45. The molecular weight excluding hydrogens is 288 g/mol. The van der Waals surface area contributed by atoms with E-state index in [4.69, 9.17) is 11.2 Å². The molecule has 1 atom stereocenters. The Bertz CT molecular complexity index is 746. The normalized spacial score (nSPS) is 14.3. The average molecular weight is 304 g/mol. The van der Waals surface area contributed by atoms with Gasteiger partial charge in [0.15, 0.2) is 8.77 Å². The molecule has 104 valence electrons. The van der Waals surface area contributed by atoms with Crippen LogP contribution in [0.3, 0.4) is 0 Å². The van der Waals surface area contributed by atoms with Crippen LogP contribution in [0.4, 0.5) is 0 Å². The van der Waals surface area contributed by atoms with Crippen molar-refractivity contribution in [3.8, 4) is 11.1 Å². The van der Waals surface area contributed by atoms with Crippen LogP contribution in [0.5, 0.6) is 0 Å². The lowest BCUT2D eigenvalue weighted by atomic mass is 9.95. The third-order valence-electron chi connectivity index (χ3n) is 3.09. The van der Waals surface area contributed by atoms with Crippen LogP contribution in [-0.2, 0) is 20.0 Å². The summed E-state index contributed by atoms with van der Waals surface area (Å²) >= 11 is 4.76. The number of hydrogen-bond acceptors (Lipinski definition) is 2. The largest absolute Gasteiger partial charge is 0.302 e. The summed E-state index contributed by atoms with van der Waals surface area (Å²) in [6, 6.07) is 13.3. The molecule has 0 fully saturated rings. The number of hydrogen-bond donors (Lipinski definition) is 1. The van der Waals surface area contributed by atoms with Gasteiger partial charge in [0.05, 0.1) is 4.90 Å². The molecule has 2 aromatic rings. The van der Waals surface area contributed by atoms with Crippen LogP contribution in [0, 0.1) is 6.92 Å². The van der Waals surface area contributed by atoms with E-state index in [1.165, 1.54) is 0 Å². The Morgan fingerprint density at radius 1 is 1.15 bits per heavy atom. The fraction of sp³-hybridized carbons (Fsp3) is 0.125. The van der Waals surface area contributed by atoms with Crippen LogP contribution < -0.4 is 0 Å². The molecule has 0 aliphatic heterocycles. The molecule has 0 aromatic heterocycles. The van der Waals surface area contributed by atoms with E-state index in [9.17, 15) is 8.76 Å². The summed E-state index contributed by atoms with van der Waals surface area (Å²) in [6.07, 6.45) is 3.69. The highest BCUT2D eigenvalue weighted by Crippen LogP contribution is 2.33. The third kappa shape index (κ3) is 2.98. The van der Waals surface area contributed by atoms with Gasteiger partial charge in [-0.15, -0.1) is 0 Å². The summed E-state index contributed by atoms with van der Waals surface area (Å²) in [7, 11) is -3.42. The van der Waals surface area contributed by atoms with Crippen LogP contribution in [-0.4, -0.2) is 8.76 Å². The Hall–Kier alpha value is -1.49. The van der Waals surface area contributed by atoms with Gasteiger partial charge in [0.25, 0.3) is 0 Å². The van der Waals surface area contributed by atoms with Gasteiger partial charge in [0, 0.05) is 16.8 Å². The maximum Gasteiger partial charge on any atom is 0.171 e. The van der Waals surface area contributed by atoms with Crippen molar-refractivity contribution in [3.05, 3.63) is 59.7 Å². The minimum Gasteiger partial charge on any atom is -0.302 e. The highest BCUT2D eigenvalue weighted by Gasteiger charge is 2.16. The first-order valence-corrected chi connectivity index (χ1v) is 8.68. The Labute approximate surface area is 124 Å². The van der Waals surface area contributed by atoms with Gasteiger partial charge in [-0.3, -0.25) is 0 Å². The van der Waals surface area contributed by atoms with Gasteiger partial charge < -0.3 is 4.55 Å². The van der Waals surface area contributed by atoms with E-state index in [1.54, 1.807) is 6.07 Å². The summed E-state index contributed by atoms with van der Waals surface area (Å²) < 4.78 is 21.7. The second-order valence-electron chi connectivity index (χ2n) is 4.51. The molecule has 1 unspecified atom stereocenters. The molecular formula is C16H16O2S2. The van der Waals surface area contributed by atoms with E-state index < -0.39 is 8.77 Å². The Morgan fingerprint density at radius 3 is 2.35 bits per heavy atom. The number of allylic oxidation sites excluding steroid dienone is 1. The van der Waals surface area contributed by atoms with Crippen LogP contribution in [0.25, 0.3) is 17.2 Å². The minimum absolute atomic E-state index is 0.301. The van der Waals surface area contributed by atoms with Crippen molar-refractivity contribution in [1.29, 1.82) is 0 Å². The second-order valence-corrected chi connectivity index (χ2v) is 7.26. The maximum atomic E-state index is 11.9. The van der Waals surface area contributed by atoms with E-state index >= 15 is 0 Å². The van der Waals surface area contributed by atoms with Crippen molar-refractivity contribution < 1.29 is 8.76 Å². The summed E-state index contributed by atoms with van der Waals surface area (Å²) in [4.78, 5) is 0.301. The Balaban J connectivity index is 2.86. The zero-order valence-electron chi connectivity index (χ0n) is 11.4. The predicted molar refractivity (Wildman–Crippen MR) is 87.7 cm³/mol. The molecule has 0 heterocycles. The van der Waals surface area contributed by atoms with Gasteiger partial charge in [-0.05, 0) is 36.6 Å². The quantitative estimate of drug-likeness (QED) is 0.920. The molecule has 0 spiro atoms. The van der Waals surface area contributed by atoms with E-state index in [-0.39, 0.29) is 0 Å². The van der Waals surface area contributed by atoms with Gasteiger partial charge >= 0.3 is 0 Å². The SMILES string of the molecule is CC=Cc1c(S(=O)(O)=S)ccc(C)c1-c1ccccc1. The number of benzene rings is 2. The molecule has 4 heteroatoms. The van der Waals surface area contributed by atoms with Crippen molar-refractivity contribution in [1.82, 2.24) is 0 Å². The molecule has 1 N–H and O–H groups in total. The molecule has 20 heavy (non-hydrogen) atoms. The first-order valence-electron chi connectivity index (χ1n) is 6.24. The highest BCUT2D eigenvalue weighted by atomic mass is 32.8. The van der Waals surface area contributed by atoms with Crippen molar-refractivity contribution >= 4 is 26.0 Å². The van der Waals surface area contributed by atoms with Crippen molar-refractivity contribution in [2.75, 3.05) is 0 Å². The van der Waals surface area contributed by atoms with Crippen LogP contribution in [0.15, 0.2) is 53.4 Å². The molecule has 2 nitrogen and oxygen atoms in total. The fourth-order valence-corrected chi connectivity index (χ4v) is 3.38. The molecule has 0 aliphatic rings. The number of rotatable bonds is 3. The zero-order valence-corrected chi connectivity index (χ0v) is 13.0. The van der Waals surface area contributed by atoms with Gasteiger partial charge in [-0.2, -0.15) is 0 Å². The molecule has 2 rings (SSSR count). The van der Waals surface area contributed by atoms with E-state index in [2.05, 4.69) is 0 Å².